The lowest BCUT2D eigenvalue weighted by molar-refractivity contribution is -0.144. The van der Waals surface area contributed by atoms with Crippen molar-refractivity contribution in [3.63, 3.8) is 0 Å². The van der Waals surface area contributed by atoms with E-state index < -0.39 is 53.1 Å². The number of carboxylic acid groups (broad SMARTS) is 1. The van der Waals surface area contributed by atoms with Gasteiger partial charge < -0.3 is 14.6 Å². The minimum atomic E-state index is -5.18. The Morgan fingerprint density at radius 2 is 1.48 bits per heavy atom. The van der Waals surface area contributed by atoms with Gasteiger partial charge in [-0.15, -0.1) is 0 Å². The van der Waals surface area contributed by atoms with Gasteiger partial charge in [0.2, 0.25) is 5.88 Å². The van der Waals surface area contributed by atoms with Crippen LogP contribution in [0.3, 0.4) is 0 Å². The van der Waals surface area contributed by atoms with Crippen LogP contribution in [-0.4, -0.2) is 31.0 Å². The Balaban J connectivity index is 1.48. The van der Waals surface area contributed by atoms with Crippen molar-refractivity contribution in [3.05, 3.63) is 107 Å². The quantitative estimate of drug-likeness (QED) is 0.135. The van der Waals surface area contributed by atoms with E-state index in [-0.39, 0.29) is 28.4 Å². The lowest BCUT2D eigenvalue weighted by atomic mass is 9.99. The van der Waals surface area contributed by atoms with Crippen molar-refractivity contribution in [2.45, 2.75) is 32.1 Å². The van der Waals surface area contributed by atoms with Gasteiger partial charge in [0.1, 0.15) is 6.61 Å². The van der Waals surface area contributed by atoms with Crippen LogP contribution in [0.1, 0.15) is 27.9 Å². The highest BCUT2D eigenvalue weighted by Crippen LogP contribution is 2.39. The van der Waals surface area contributed by atoms with Crippen LogP contribution in [0, 0.1) is 6.92 Å². The van der Waals surface area contributed by atoms with Crippen LogP contribution in [0.2, 0.25) is 0 Å². The normalized spacial score (nSPS) is 12.2. The highest BCUT2D eigenvalue weighted by Gasteiger charge is 2.41. The van der Waals surface area contributed by atoms with Gasteiger partial charge >= 0.3 is 24.7 Å². The summed E-state index contributed by atoms with van der Waals surface area (Å²) in [5, 5.41) is 12.3. The number of hydrogen-bond donors (Lipinski definition) is 1. The van der Waals surface area contributed by atoms with E-state index in [1.165, 1.54) is 24.3 Å². The van der Waals surface area contributed by atoms with Crippen LogP contribution in [0.15, 0.2) is 79.1 Å². The molecule has 0 fully saturated rings. The van der Waals surface area contributed by atoms with Gasteiger partial charge in [0.25, 0.3) is 0 Å². The van der Waals surface area contributed by atoms with Crippen molar-refractivity contribution >= 4 is 6.16 Å². The zero-order valence-electron chi connectivity index (χ0n) is 24.1. The number of ether oxygens (including phenoxy) is 2. The maximum Gasteiger partial charge on any atom is 0.511 e. The first-order chi connectivity index (χ1) is 22.4. The third-order valence-electron chi connectivity index (χ3n) is 6.86. The molecule has 0 spiro atoms. The third-order valence-corrected chi connectivity index (χ3v) is 6.86. The van der Waals surface area contributed by atoms with Crippen molar-refractivity contribution < 1.29 is 58.9 Å². The Morgan fingerprint density at radius 1 is 0.812 bits per heavy atom. The van der Waals surface area contributed by atoms with Gasteiger partial charge in [-0.05, 0) is 59.5 Å². The molecule has 0 radical (unpaired) electrons. The fraction of sp³-hybridized carbons (Fsp3) is 0.161. The molecule has 250 valence electrons. The average molecular weight is 682 g/mol. The number of carbonyl (C=O) groups is 1. The second-order valence-corrected chi connectivity index (χ2v) is 10.1. The summed E-state index contributed by atoms with van der Waals surface area (Å²) in [5.74, 6) is -2.05. The number of pyridine rings is 2. The van der Waals surface area contributed by atoms with E-state index in [1.54, 1.807) is 25.1 Å². The molecule has 1 N–H and O–H groups in total. The van der Waals surface area contributed by atoms with Crippen LogP contribution in [-0.2, 0) is 25.1 Å². The maximum atomic E-state index is 13.9. The first kappa shape index (κ1) is 33.7. The summed E-state index contributed by atoms with van der Waals surface area (Å²) in [5.41, 5.74) is -2.03. The molecular weight excluding hydrogens is 663 g/mol. The first-order valence-electron chi connectivity index (χ1n) is 13.4. The molecule has 0 aliphatic carbocycles. The van der Waals surface area contributed by atoms with Gasteiger partial charge in [0.15, 0.2) is 17.3 Å². The molecule has 5 rings (SSSR count). The number of benzene rings is 2. The van der Waals surface area contributed by atoms with Crippen molar-refractivity contribution in [1.29, 1.82) is 0 Å². The van der Waals surface area contributed by atoms with Gasteiger partial charge in [0.05, 0.1) is 28.6 Å². The molecule has 0 aliphatic heterocycles. The smallest absolute Gasteiger partial charge is 0.472 e. The van der Waals surface area contributed by atoms with Crippen molar-refractivity contribution in [2.24, 2.45) is 0 Å². The number of aromatic nitrogens is 4. The molecule has 0 aliphatic rings. The standard InChI is InChI=1S/C31H19F9N4O4/c1-16-11-18(17-7-9-20(10-8-17)29(32,33)34)5-6-19(16)15-47-27-22(12-21(13-41-27)30(35,36)37)23-3-2-4-25(43-23)44-26(31(38,39)40)24(14-42-44)48-28(45)46/h2-14H,15H2,1H3,(H,45,46). The molecule has 0 saturated carbocycles. The van der Waals surface area contributed by atoms with Gasteiger partial charge in [-0.2, -0.15) is 44.6 Å². The largest absolute Gasteiger partial charge is 0.511 e. The molecule has 5 aromatic rings. The number of halogens is 9. The zero-order chi connectivity index (χ0) is 35.0. The molecule has 2 aromatic carbocycles. The predicted molar refractivity (Wildman–Crippen MR) is 149 cm³/mol. The minimum Gasteiger partial charge on any atom is -0.472 e. The molecule has 17 heteroatoms. The molecule has 3 heterocycles. The van der Waals surface area contributed by atoms with E-state index in [4.69, 9.17) is 9.84 Å². The van der Waals surface area contributed by atoms with Gasteiger partial charge in [0, 0.05) is 6.20 Å². The number of rotatable bonds is 7. The molecule has 0 bridgehead atoms. The van der Waals surface area contributed by atoms with Gasteiger partial charge in [-0.25, -0.2) is 19.4 Å². The van der Waals surface area contributed by atoms with Crippen LogP contribution in [0.25, 0.3) is 28.2 Å². The van der Waals surface area contributed by atoms with E-state index in [1.807, 2.05) is 0 Å². The van der Waals surface area contributed by atoms with Crippen LogP contribution < -0.4 is 9.47 Å². The number of alkyl halides is 9. The lowest BCUT2D eigenvalue weighted by Crippen LogP contribution is -2.17. The molecule has 0 unspecified atom stereocenters. The Hall–Kier alpha value is -5.61. The monoisotopic (exact) mass is 682 g/mol. The van der Waals surface area contributed by atoms with Crippen LogP contribution >= 0.6 is 0 Å². The second-order valence-electron chi connectivity index (χ2n) is 10.1. The number of nitrogens with zero attached hydrogens (tertiary/aromatic N) is 4. The zero-order valence-corrected chi connectivity index (χ0v) is 24.1. The maximum absolute atomic E-state index is 13.9. The van der Waals surface area contributed by atoms with E-state index in [0.29, 0.717) is 40.7 Å². The van der Waals surface area contributed by atoms with Crippen LogP contribution in [0.4, 0.5) is 44.3 Å². The average Bonchev–Trinajstić information content (AvgIpc) is 3.43. The predicted octanol–water partition coefficient (Wildman–Crippen LogP) is 9.00. The van der Waals surface area contributed by atoms with E-state index >= 15 is 0 Å². The molecule has 0 atom stereocenters. The highest BCUT2D eigenvalue weighted by molar-refractivity contribution is 5.68. The summed E-state index contributed by atoms with van der Waals surface area (Å²) in [4.78, 5) is 18.7. The SMILES string of the molecule is Cc1cc(-c2ccc(C(F)(F)F)cc2)ccc1COc1ncc(C(F)(F)F)cc1-c1cccc(-n2ncc(OC(=O)O)c2C(F)(F)F)n1. The third kappa shape index (κ3) is 7.34. The van der Waals surface area contributed by atoms with E-state index in [2.05, 4.69) is 19.8 Å². The lowest BCUT2D eigenvalue weighted by Gasteiger charge is -2.16. The molecular formula is C31H19F9N4O4. The summed E-state index contributed by atoms with van der Waals surface area (Å²) in [6.07, 6.45) is -15.6. The fourth-order valence-electron chi connectivity index (χ4n) is 4.57. The minimum absolute atomic E-state index is 0.227. The van der Waals surface area contributed by atoms with Gasteiger partial charge in [-0.1, -0.05) is 36.4 Å². The Kier molecular flexibility index (Phi) is 8.81. The first-order valence-corrected chi connectivity index (χ1v) is 13.4. The van der Waals surface area contributed by atoms with Crippen molar-refractivity contribution in [1.82, 2.24) is 19.7 Å². The summed E-state index contributed by atoms with van der Waals surface area (Å²) >= 11 is 0. The van der Waals surface area contributed by atoms with Crippen molar-refractivity contribution in [2.75, 3.05) is 0 Å². The summed E-state index contributed by atoms with van der Waals surface area (Å²) in [6, 6.07) is 13.5. The fourth-order valence-corrected chi connectivity index (χ4v) is 4.57. The topological polar surface area (TPSA) is 99.4 Å². The summed E-state index contributed by atoms with van der Waals surface area (Å²) in [6.45, 7) is 1.44. The summed E-state index contributed by atoms with van der Waals surface area (Å²) < 4.78 is 132. The number of aryl methyl sites for hydroxylation is 1. The van der Waals surface area contributed by atoms with Crippen molar-refractivity contribution in [3.8, 4) is 39.8 Å². The molecule has 8 nitrogen and oxygen atoms in total. The Labute approximate surface area is 264 Å². The summed E-state index contributed by atoms with van der Waals surface area (Å²) in [7, 11) is 0. The van der Waals surface area contributed by atoms with Crippen LogP contribution in [0.5, 0.6) is 11.6 Å². The molecule has 3 aromatic heterocycles. The second kappa shape index (κ2) is 12.5. The highest BCUT2D eigenvalue weighted by atomic mass is 19.4. The molecule has 0 saturated heterocycles. The Bertz CT molecular complexity index is 1970. The van der Waals surface area contributed by atoms with E-state index in [0.717, 1.165) is 18.2 Å². The number of hydrogen-bond acceptors (Lipinski definition) is 6. The Morgan fingerprint density at radius 3 is 2.08 bits per heavy atom. The van der Waals surface area contributed by atoms with Gasteiger partial charge in [-0.3, -0.25) is 0 Å². The van der Waals surface area contributed by atoms with E-state index in [9.17, 15) is 44.3 Å². The molecule has 48 heavy (non-hydrogen) atoms. The molecule has 0 amide bonds.